The minimum absolute atomic E-state index is 0.204. The molecule has 12 heavy (non-hydrogen) atoms. The lowest BCUT2D eigenvalue weighted by Gasteiger charge is -2.03. The van der Waals surface area contributed by atoms with Gasteiger partial charge in [-0.15, -0.1) is 0 Å². The molecule has 4 heteroatoms. The van der Waals surface area contributed by atoms with Crippen LogP contribution in [0.3, 0.4) is 0 Å². The van der Waals surface area contributed by atoms with Crippen LogP contribution in [0, 0.1) is 5.82 Å². The summed E-state index contributed by atoms with van der Waals surface area (Å²) in [6, 6.07) is 2.46. The number of hydrogen-bond donors (Lipinski definition) is 1. The van der Waals surface area contributed by atoms with Crippen LogP contribution in [0.25, 0.3) is 0 Å². The smallest absolute Gasteiger partial charge is 0.165 e. The summed E-state index contributed by atoms with van der Waals surface area (Å²) >= 11 is 5.81. The summed E-state index contributed by atoms with van der Waals surface area (Å²) in [5.74, 6) is -0.197. The average molecular weight is 188 g/mol. The van der Waals surface area contributed by atoms with Crippen LogP contribution in [-0.4, -0.2) is 6.61 Å². The van der Waals surface area contributed by atoms with Crippen molar-refractivity contribution in [3.05, 3.63) is 28.5 Å². The van der Waals surface area contributed by atoms with Gasteiger partial charge in [0.15, 0.2) is 11.6 Å². The minimum atomic E-state index is -0.401. The van der Waals surface area contributed by atoms with Gasteiger partial charge in [0.25, 0.3) is 0 Å². The second-order valence-corrected chi connectivity index (χ2v) is 3.10. The van der Waals surface area contributed by atoms with Crippen LogP contribution >= 0.6 is 11.6 Å². The van der Waals surface area contributed by atoms with E-state index in [1.807, 2.05) is 0 Å². The predicted octanol–water partition coefficient (Wildman–Crippen LogP) is 1.87. The molecule has 64 valence electrons. The first-order valence-corrected chi connectivity index (χ1v) is 3.94. The molecule has 1 aromatic rings. The molecular weight excluding hydrogens is 181 g/mol. The Kier molecular flexibility index (Phi) is 1.70. The van der Waals surface area contributed by atoms with Crippen molar-refractivity contribution in [2.75, 3.05) is 6.61 Å². The summed E-state index contributed by atoms with van der Waals surface area (Å²) in [5.41, 5.74) is 6.22. The molecule has 0 radical (unpaired) electrons. The minimum Gasteiger partial charge on any atom is -0.488 e. The van der Waals surface area contributed by atoms with E-state index in [1.165, 1.54) is 12.1 Å². The lowest BCUT2D eigenvalue weighted by atomic mass is 10.1. The van der Waals surface area contributed by atoms with Gasteiger partial charge in [-0.3, -0.25) is 0 Å². The summed E-state index contributed by atoms with van der Waals surface area (Å²) in [5, 5.41) is 0.469. The third-order valence-electron chi connectivity index (χ3n) is 1.87. The maximum atomic E-state index is 13.0. The van der Waals surface area contributed by atoms with Crippen LogP contribution in [0.15, 0.2) is 12.1 Å². The average Bonchev–Trinajstić information content (AvgIpc) is 2.42. The molecule has 0 bridgehead atoms. The zero-order chi connectivity index (χ0) is 8.72. The molecule has 1 aliphatic heterocycles. The van der Waals surface area contributed by atoms with Gasteiger partial charge in [-0.1, -0.05) is 11.6 Å². The van der Waals surface area contributed by atoms with Crippen LogP contribution < -0.4 is 10.5 Å². The van der Waals surface area contributed by atoms with Crippen molar-refractivity contribution in [1.82, 2.24) is 0 Å². The second-order valence-electron chi connectivity index (χ2n) is 2.69. The van der Waals surface area contributed by atoms with E-state index in [1.54, 1.807) is 0 Å². The fraction of sp³-hybridized carbons (Fsp3) is 0.250. The van der Waals surface area contributed by atoms with Gasteiger partial charge >= 0.3 is 0 Å². The normalized spacial score (nSPS) is 20.4. The molecule has 1 heterocycles. The summed E-state index contributed by atoms with van der Waals surface area (Å²) in [4.78, 5) is 0. The first-order chi connectivity index (χ1) is 5.70. The Bertz CT molecular complexity index is 329. The highest BCUT2D eigenvalue weighted by Gasteiger charge is 2.26. The molecule has 1 aliphatic rings. The van der Waals surface area contributed by atoms with Gasteiger partial charge in [0, 0.05) is 10.6 Å². The Morgan fingerprint density at radius 1 is 1.58 bits per heavy atom. The molecule has 1 atom stereocenters. The van der Waals surface area contributed by atoms with E-state index < -0.39 is 5.82 Å². The predicted molar refractivity (Wildman–Crippen MR) is 43.8 cm³/mol. The van der Waals surface area contributed by atoms with Crippen LogP contribution in [0.2, 0.25) is 5.02 Å². The number of halogens is 2. The zero-order valence-electron chi connectivity index (χ0n) is 6.18. The molecule has 0 aliphatic carbocycles. The first-order valence-electron chi connectivity index (χ1n) is 3.56. The summed E-state index contributed by atoms with van der Waals surface area (Å²) < 4.78 is 18.0. The van der Waals surface area contributed by atoms with Gasteiger partial charge < -0.3 is 10.5 Å². The quantitative estimate of drug-likeness (QED) is 0.673. The Labute approximate surface area is 74.1 Å². The van der Waals surface area contributed by atoms with E-state index in [9.17, 15) is 4.39 Å². The van der Waals surface area contributed by atoms with Crippen LogP contribution in [-0.2, 0) is 0 Å². The molecule has 0 unspecified atom stereocenters. The van der Waals surface area contributed by atoms with Crippen molar-refractivity contribution in [1.29, 1.82) is 0 Å². The summed E-state index contributed by atoms with van der Waals surface area (Å²) in [7, 11) is 0. The number of benzene rings is 1. The monoisotopic (exact) mass is 187 g/mol. The van der Waals surface area contributed by atoms with Crippen LogP contribution in [0.5, 0.6) is 5.75 Å². The van der Waals surface area contributed by atoms with Crippen molar-refractivity contribution >= 4 is 11.6 Å². The van der Waals surface area contributed by atoms with Gasteiger partial charge in [0.1, 0.15) is 6.61 Å². The summed E-state index contributed by atoms with van der Waals surface area (Å²) in [6.45, 7) is 0.302. The third kappa shape index (κ3) is 0.974. The molecule has 2 rings (SSSR count). The maximum Gasteiger partial charge on any atom is 0.165 e. The number of ether oxygens (including phenoxy) is 1. The molecule has 0 fully saturated rings. The molecule has 0 spiro atoms. The number of hydrogen-bond acceptors (Lipinski definition) is 2. The maximum absolute atomic E-state index is 13.0. The van der Waals surface area contributed by atoms with E-state index in [0.29, 0.717) is 17.2 Å². The van der Waals surface area contributed by atoms with Gasteiger partial charge in [-0.2, -0.15) is 0 Å². The van der Waals surface area contributed by atoms with Gasteiger partial charge in [0.05, 0.1) is 6.04 Å². The van der Waals surface area contributed by atoms with Crippen LogP contribution in [0.4, 0.5) is 4.39 Å². The Hall–Kier alpha value is -0.800. The first kappa shape index (κ1) is 7.83. The lowest BCUT2D eigenvalue weighted by Crippen LogP contribution is -2.11. The highest BCUT2D eigenvalue weighted by Crippen LogP contribution is 2.38. The third-order valence-corrected chi connectivity index (χ3v) is 2.20. The summed E-state index contributed by atoms with van der Waals surface area (Å²) in [6.07, 6.45) is 0. The van der Waals surface area contributed by atoms with Crippen molar-refractivity contribution in [3.63, 3.8) is 0 Å². The molecule has 2 N–H and O–H groups in total. The van der Waals surface area contributed by atoms with Crippen molar-refractivity contribution < 1.29 is 9.13 Å². The fourth-order valence-corrected chi connectivity index (χ4v) is 1.59. The van der Waals surface area contributed by atoms with E-state index in [4.69, 9.17) is 22.1 Å². The molecule has 0 aromatic heterocycles. The Morgan fingerprint density at radius 3 is 3.00 bits per heavy atom. The Morgan fingerprint density at radius 2 is 2.33 bits per heavy atom. The van der Waals surface area contributed by atoms with Crippen molar-refractivity contribution in [2.24, 2.45) is 5.73 Å². The van der Waals surface area contributed by atoms with E-state index in [2.05, 4.69) is 0 Å². The van der Waals surface area contributed by atoms with E-state index in [-0.39, 0.29) is 11.8 Å². The Balaban J connectivity index is 2.64. The topological polar surface area (TPSA) is 35.2 Å². The number of fused-ring (bicyclic) bond motifs is 1. The highest BCUT2D eigenvalue weighted by molar-refractivity contribution is 6.31. The standard InChI is InChI=1S/C8H7ClFNO/c9-4-1-2-5(10)8-7(4)6(11)3-12-8/h1-2,6H,3,11H2/t6-/m1/s1. The fourth-order valence-electron chi connectivity index (χ4n) is 1.30. The molecule has 0 saturated carbocycles. The number of rotatable bonds is 0. The molecule has 1 aromatic carbocycles. The van der Waals surface area contributed by atoms with Gasteiger partial charge in [-0.25, -0.2) is 4.39 Å². The lowest BCUT2D eigenvalue weighted by molar-refractivity contribution is 0.319. The molecule has 0 amide bonds. The van der Waals surface area contributed by atoms with Crippen LogP contribution in [0.1, 0.15) is 11.6 Å². The van der Waals surface area contributed by atoms with E-state index in [0.717, 1.165) is 0 Å². The van der Waals surface area contributed by atoms with Crippen molar-refractivity contribution in [3.8, 4) is 5.75 Å². The van der Waals surface area contributed by atoms with Crippen molar-refractivity contribution in [2.45, 2.75) is 6.04 Å². The molecule has 2 nitrogen and oxygen atoms in total. The van der Waals surface area contributed by atoms with Gasteiger partial charge in [0.2, 0.25) is 0 Å². The zero-order valence-corrected chi connectivity index (χ0v) is 6.94. The SMILES string of the molecule is N[C@@H]1COc2c(F)ccc(Cl)c21. The van der Waals surface area contributed by atoms with Gasteiger partial charge in [-0.05, 0) is 12.1 Å². The molecular formula is C8H7ClFNO. The number of nitrogens with two attached hydrogens (primary N) is 1. The molecule has 0 saturated heterocycles. The largest absolute Gasteiger partial charge is 0.488 e. The highest BCUT2D eigenvalue weighted by atomic mass is 35.5. The van der Waals surface area contributed by atoms with E-state index >= 15 is 0 Å². The second kappa shape index (κ2) is 2.61.